The van der Waals surface area contributed by atoms with Gasteiger partial charge in [0.1, 0.15) is 0 Å². The highest BCUT2D eigenvalue weighted by molar-refractivity contribution is 5.66. The van der Waals surface area contributed by atoms with Crippen molar-refractivity contribution in [2.75, 3.05) is 23.7 Å². The van der Waals surface area contributed by atoms with E-state index in [1.165, 1.54) is 0 Å². The fraction of sp³-hybridized carbons (Fsp3) is 0.500. The predicted molar refractivity (Wildman–Crippen MR) is 56.9 cm³/mol. The molecule has 0 spiro atoms. The number of nitrogen functional groups attached to an aromatic ring is 1. The summed E-state index contributed by atoms with van der Waals surface area (Å²) in [4.78, 5) is 6.36. The summed E-state index contributed by atoms with van der Waals surface area (Å²) in [6.45, 7) is 8.18. The Hall–Kier alpha value is -1.25. The second kappa shape index (κ2) is 4.12. The third-order valence-electron chi connectivity index (χ3n) is 2.15. The average Bonchev–Trinajstić information content (AvgIpc) is 2.13. The van der Waals surface area contributed by atoms with Crippen LogP contribution in [0.3, 0.4) is 0 Å². The molecule has 1 rings (SSSR count). The highest BCUT2D eigenvalue weighted by Gasteiger charge is 2.05. The molecular weight excluding hydrogens is 162 g/mol. The van der Waals surface area contributed by atoms with Crippen LogP contribution in [0.25, 0.3) is 0 Å². The van der Waals surface area contributed by atoms with Crippen molar-refractivity contribution in [3.8, 4) is 0 Å². The SMILES string of the molecule is CCN(CC)c1cc(C)ncc1N. The minimum absolute atomic E-state index is 0.759. The van der Waals surface area contributed by atoms with Crippen LogP contribution in [0.15, 0.2) is 12.3 Å². The number of hydrogen-bond donors (Lipinski definition) is 1. The zero-order valence-electron chi connectivity index (χ0n) is 8.54. The summed E-state index contributed by atoms with van der Waals surface area (Å²) < 4.78 is 0. The molecule has 2 N–H and O–H groups in total. The zero-order chi connectivity index (χ0) is 9.84. The number of nitrogens with zero attached hydrogens (tertiary/aromatic N) is 2. The number of pyridine rings is 1. The minimum atomic E-state index is 0.759. The summed E-state index contributed by atoms with van der Waals surface area (Å²) in [5.41, 5.74) is 8.70. The molecule has 0 radical (unpaired) electrons. The average molecular weight is 179 g/mol. The van der Waals surface area contributed by atoms with Crippen LogP contribution in [-0.2, 0) is 0 Å². The van der Waals surface area contributed by atoms with Crippen molar-refractivity contribution in [3.63, 3.8) is 0 Å². The number of aryl methyl sites for hydroxylation is 1. The minimum Gasteiger partial charge on any atom is -0.396 e. The molecule has 0 aliphatic heterocycles. The van der Waals surface area contributed by atoms with Crippen LogP contribution in [0.5, 0.6) is 0 Å². The van der Waals surface area contributed by atoms with Gasteiger partial charge in [-0.2, -0.15) is 0 Å². The molecule has 13 heavy (non-hydrogen) atoms. The first-order valence-corrected chi connectivity index (χ1v) is 4.66. The quantitative estimate of drug-likeness (QED) is 0.769. The molecule has 1 aromatic heterocycles. The first-order chi connectivity index (χ1) is 6.19. The summed E-state index contributed by atoms with van der Waals surface area (Å²) in [5.74, 6) is 0. The van der Waals surface area contributed by atoms with Gasteiger partial charge in [0.25, 0.3) is 0 Å². The highest BCUT2D eigenvalue weighted by Crippen LogP contribution is 2.22. The fourth-order valence-electron chi connectivity index (χ4n) is 1.39. The fourth-order valence-corrected chi connectivity index (χ4v) is 1.39. The van der Waals surface area contributed by atoms with Crippen molar-refractivity contribution in [1.82, 2.24) is 4.98 Å². The molecule has 0 unspecified atom stereocenters. The van der Waals surface area contributed by atoms with E-state index < -0.39 is 0 Å². The van der Waals surface area contributed by atoms with Gasteiger partial charge in [-0.1, -0.05) is 0 Å². The molecule has 3 nitrogen and oxygen atoms in total. The van der Waals surface area contributed by atoms with Gasteiger partial charge in [-0.05, 0) is 26.8 Å². The molecule has 0 amide bonds. The van der Waals surface area contributed by atoms with E-state index in [2.05, 4.69) is 23.7 Å². The molecule has 0 fully saturated rings. The third-order valence-corrected chi connectivity index (χ3v) is 2.15. The van der Waals surface area contributed by atoms with Crippen LogP contribution in [0.2, 0.25) is 0 Å². The number of rotatable bonds is 3. The van der Waals surface area contributed by atoms with Crippen LogP contribution in [-0.4, -0.2) is 18.1 Å². The zero-order valence-corrected chi connectivity index (χ0v) is 8.54. The van der Waals surface area contributed by atoms with E-state index in [9.17, 15) is 0 Å². The number of nitrogens with two attached hydrogens (primary N) is 1. The summed E-state index contributed by atoms with van der Waals surface area (Å²) in [7, 11) is 0. The number of hydrogen-bond acceptors (Lipinski definition) is 3. The van der Waals surface area contributed by atoms with Crippen molar-refractivity contribution in [1.29, 1.82) is 0 Å². The van der Waals surface area contributed by atoms with Gasteiger partial charge in [-0.15, -0.1) is 0 Å². The van der Waals surface area contributed by atoms with E-state index in [-0.39, 0.29) is 0 Å². The van der Waals surface area contributed by atoms with E-state index in [1.807, 2.05) is 13.0 Å². The molecule has 1 heterocycles. The summed E-state index contributed by atoms with van der Waals surface area (Å²) in [6, 6.07) is 2.03. The standard InChI is InChI=1S/C10H17N3/c1-4-13(5-2)10-6-8(3)12-7-9(10)11/h6-7H,4-5,11H2,1-3H3. The molecule has 0 atom stereocenters. The molecule has 0 saturated carbocycles. The molecule has 72 valence electrons. The smallest absolute Gasteiger partial charge is 0.0738 e. The lowest BCUT2D eigenvalue weighted by atomic mass is 10.2. The molecule has 0 aromatic carbocycles. The van der Waals surface area contributed by atoms with Crippen molar-refractivity contribution in [2.24, 2.45) is 0 Å². The molecule has 0 aliphatic carbocycles. The molecule has 1 aromatic rings. The van der Waals surface area contributed by atoms with Gasteiger partial charge >= 0.3 is 0 Å². The molecule has 3 heteroatoms. The Morgan fingerprint density at radius 1 is 1.38 bits per heavy atom. The van der Waals surface area contributed by atoms with Gasteiger partial charge in [0.15, 0.2) is 0 Å². The Morgan fingerprint density at radius 3 is 2.54 bits per heavy atom. The van der Waals surface area contributed by atoms with Crippen molar-refractivity contribution in [2.45, 2.75) is 20.8 Å². The van der Waals surface area contributed by atoms with Gasteiger partial charge in [0.05, 0.1) is 17.6 Å². The van der Waals surface area contributed by atoms with Gasteiger partial charge < -0.3 is 10.6 Å². The van der Waals surface area contributed by atoms with E-state index in [1.54, 1.807) is 6.20 Å². The Bertz CT molecular complexity index is 279. The van der Waals surface area contributed by atoms with E-state index in [0.717, 1.165) is 30.2 Å². The van der Waals surface area contributed by atoms with E-state index in [4.69, 9.17) is 5.73 Å². The first-order valence-electron chi connectivity index (χ1n) is 4.66. The molecule has 0 bridgehead atoms. The highest BCUT2D eigenvalue weighted by atomic mass is 15.1. The first kappa shape index (κ1) is 9.84. The van der Waals surface area contributed by atoms with Crippen LogP contribution in [0.1, 0.15) is 19.5 Å². The van der Waals surface area contributed by atoms with Crippen LogP contribution < -0.4 is 10.6 Å². The lowest BCUT2D eigenvalue weighted by Gasteiger charge is -2.22. The number of anilines is 2. The maximum atomic E-state index is 5.84. The lowest BCUT2D eigenvalue weighted by molar-refractivity contribution is 0.865. The second-order valence-corrected chi connectivity index (χ2v) is 3.06. The normalized spacial score (nSPS) is 10.1. The van der Waals surface area contributed by atoms with Gasteiger partial charge in [-0.25, -0.2) is 0 Å². The Kier molecular flexibility index (Phi) is 3.12. The maximum absolute atomic E-state index is 5.84. The van der Waals surface area contributed by atoms with E-state index in [0.29, 0.717) is 0 Å². The molecule has 0 aliphatic rings. The van der Waals surface area contributed by atoms with Gasteiger partial charge in [0.2, 0.25) is 0 Å². The predicted octanol–water partition coefficient (Wildman–Crippen LogP) is 1.82. The van der Waals surface area contributed by atoms with Crippen LogP contribution in [0.4, 0.5) is 11.4 Å². The monoisotopic (exact) mass is 179 g/mol. The van der Waals surface area contributed by atoms with Gasteiger partial charge in [-0.3, -0.25) is 4.98 Å². The summed E-state index contributed by atoms with van der Waals surface area (Å²) in [6.07, 6.45) is 1.73. The second-order valence-electron chi connectivity index (χ2n) is 3.06. The van der Waals surface area contributed by atoms with E-state index >= 15 is 0 Å². The largest absolute Gasteiger partial charge is 0.396 e. The Balaban J connectivity index is 3.03. The summed E-state index contributed by atoms with van der Waals surface area (Å²) in [5, 5.41) is 0. The van der Waals surface area contributed by atoms with Crippen molar-refractivity contribution in [3.05, 3.63) is 18.0 Å². The third kappa shape index (κ3) is 2.11. The van der Waals surface area contributed by atoms with Gasteiger partial charge in [0, 0.05) is 18.8 Å². The molecular formula is C10H17N3. The Morgan fingerprint density at radius 2 is 2.00 bits per heavy atom. The summed E-state index contributed by atoms with van der Waals surface area (Å²) >= 11 is 0. The number of aromatic nitrogens is 1. The Labute approximate surface area is 79.6 Å². The topological polar surface area (TPSA) is 42.2 Å². The van der Waals surface area contributed by atoms with Crippen molar-refractivity contribution < 1.29 is 0 Å². The molecule has 0 saturated heterocycles. The van der Waals surface area contributed by atoms with Crippen LogP contribution >= 0.6 is 0 Å². The lowest BCUT2D eigenvalue weighted by Crippen LogP contribution is -2.23. The van der Waals surface area contributed by atoms with Crippen LogP contribution in [0, 0.1) is 6.92 Å². The van der Waals surface area contributed by atoms with Crippen molar-refractivity contribution >= 4 is 11.4 Å². The maximum Gasteiger partial charge on any atom is 0.0738 e.